The first-order chi connectivity index (χ1) is 6.50. The number of hydrogen-bond acceptors (Lipinski definition) is 3. The van der Waals surface area contributed by atoms with Gasteiger partial charge in [0.2, 0.25) is 5.91 Å². The normalized spacial score (nSPS) is 9.93. The van der Waals surface area contributed by atoms with Gasteiger partial charge in [-0.25, -0.2) is 4.68 Å². The molecular formula is C8H10BrN3O2. The van der Waals surface area contributed by atoms with E-state index >= 15 is 0 Å². The number of likely N-dealkylation sites (N-methyl/N-ethyl adjacent to an activating group) is 1. The van der Waals surface area contributed by atoms with E-state index in [1.165, 1.54) is 11.0 Å². The van der Waals surface area contributed by atoms with E-state index in [2.05, 4.69) is 21.0 Å². The molecule has 1 amide bonds. The first-order valence-electron chi connectivity index (χ1n) is 3.94. The Balaban J connectivity index is 2.92. The number of rotatable bonds is 2. The summed E-state index contributed by atoms with van der Waals surface area (Å²) >= 11 is 3.13. The predicted octanol–water partition coefficient (Wildman–Crippen LogP) is 0.0940. The average molecular weight is 260 g/mol. The topological polar surface area (TPSA) is 55.2 Å². The minimum atomic E-state index is -0.289. The number of halogens is 1. The lowest BCUT2D eigenvalue weighted by Crippen LogP contribution is -2.32. The van der Waals surface area contributed by atoms with Crippen LogP contribution in [0.25, 0.3) is 0 Å². The Bertz CT molecular complexity index is 400. The van der Waals surface area contributed by atoms with E-state index in [1.807, 2.05) is 0 Å². The maximum Gasteiger partial charge on any atom is 0.267 e. The minimum Gasteiger partial charge on any atom is -0.347 e. The standard InChI is InChI=1S/C8H10BrN3O2/c1-11(2)8(14)5-12-7(13)4-3-6(9)10-12/h3-4H,5H2,1-2H3. The Morgan fingerprint density at radius 3 is 2.79 bits per heavy atom. The average Bonchev–Trinajstić information content (AvgIpc) is 2.11. The van der Waals surface area contributed by atoms with Crippen LogP contribution >= 0.6 is 15.9 Å². The highest BCUT2D eigenvalue weighted by atomic mass is 79.9. The molecule has 0 atom stereocenters. The second-order valence-corrected chi connectivity index (χ2v) is 3.75. The van der Waals surface area contributed by atoms with Crippen molar-refractivity contribution in [2.45, 2.75) is 6.54 Å². The molecule has 0 fully saturated rings. The highest BCUT2D eigenvalue weighted by Gasteiger charge is 2.07. The summed E-state index contributed by atoms with van der Waals surface area (Å²) in [6, 6.07) is 2.90. The fourth-order valence-electron chi connectivity index (χ4n) is 0.807. The first kappa shape index (κ1) is 10.9. The summed E-state index contributed by atoms with van der Waals surface area (Å²) in [5, 5.41) is 3.87. The van der Waals surface area contributed by atoms with E-state index in [0.29, 0.717) is 4.60 Å². The molecule has 0 spiro atoms. The van der Waals surface area contributed by atoms with Gasteiger partial charge in [-0.2, -0.15) is 5.10 Å². The van der Waals surface area contributed by atoms with Crippen LogP contribution in [0.15, 0.2) is 21.5 Å². The Labute approximate surface area is 89.5 Å². The predicted molar refractivity (Wildman–Crippen MR) is 54.9 cm³/mol. The molecule has 1 aromatic rings. The van der Waals surface area contributed by atoms with Crippen molar-refractivity contribution in [3.63, 3.8) is 0 Å². The van der Waals surface area contributed by atoms with Crippen molar-refractivity contribution in [1.29, 1.82) is 0 Å². The maximum absolute atomic E-state index is 11.3. The number of amides is 1. The lowest BCUT2D eigenvalue weighted by atomic mass is 10.5. The SMILES string of the molecule is CN(C)C(=O)Cn1nc(Br)ccc1=O. The molecule has 0 aliphatic carbocycles. The summed E-state index contributed by atoms with van der Waals surface area (Å²) in [5.74, 6) is -0.169. The molecule has 0 aromatic carbocycles. The van der Waals surface area contributed by atoms with Gasteiger partial charge in [0.1, 0.15) is 11.1 Å². The van der Waals surface area contributed by atoms with Gasteiger partial charge in [-0.1, -0.05) is 0 Å². The fourth-order valence-corrected chi connectivity index (χ4v) is 1.13. The Morgan fingerprint density at radius 1 is 1.57 bits per heavy atom. The number of carbonyl (C=O) groups excluding carboxylic acids is 1. The van der Waals surface area contributed by atoms with Gasteiger partial charge < -0.3 is 4.90 Å². The van der Waals surface area contributed by atoms with Gasteiger partial charge in [-0.15, -0.1) is 0 Å². The van der Waals surface area contributed by atoms with Gasteiger partial charge in [-0.3, -0.25) is 9.59 Å². The van der Waals surface area contributed by atoms with Gasteiger partial charge in [0.15, 0.2) is 0 Å². The third-order valence-corrected chi connectivity index (χ3v) is 2.04. The van der Waals surface area contributed by atoms with E-state index < -0.39 is 0 Å². The molecule has 76 valence electrons. The second kappa shape index (κ2) is 4.36. The smallest absolute Gasteiger partial charge is 0.267 e. The number of nitrogens with zero attached hydrogens (tertiary/aromatic N) is 3. The lowest BCUT2D eigenvalue weighted by molar-refractivity contribution is -0.129. The van der Waals surface area contributed by atoms with Crippen molar-refractivity contribution < 1.29 is 4.79 Å². The summed E-state index contributed by atoms with van der Waals surface area (Å²) in [6.45, 7) is -0.0364. The van der Waals surface area contributed by atoms with Gasteiger partial charge in [0.05, 0.1) is 0 Å². The minimum absolute atomic E-state index is 0.0364. The van der Waals surface area contributed by atoms with E-state index in [4.69, 9.17) is 0 Å². The molecule has 5 nitrogen and oxygen atoms in total. The van der Waals surface area contributed by atoms with Crippen LogP contribution in [0.1, 0.15) is 0 Å². The Kier molecular flexibility index (Phi) is 3.40. The van der Waals surface area contributed by atoms with Crippen LogP contribution in [-0.2, 0) is 11.3 Å². The third kappa shape index (κ3) is 2.66. The zero-order chi connectivity index (χ0) is 10.7. The monoisotopic (exact) mass is 259 g/mol. The third-order valence-electron chi connectivity index (χ3n) is 1.62. The van der Waals surface area contributed by atoms with E-state index in [1.54, 1.807) is 20.2 Å². The molecule has 0 saturated heterocycles. The highest BCUT2D eigenvalue weighted by molar-refractivity contribution is 9.10. The molecule has 1 aromatic heterocycles. The molecule has 0 aliphatic rings. The van der Waals surface area contributed by atoms with Crippen molar-refractivity contribution in [3.05, 3.63) is 27.1 Å². The van der Waals surface area contributed by atoms with E-state index in [-0.39, 0.29) is 18.0 Å². The van der Waals surface area contributed by atoms with Crippen LogP contribution < -0.4 is 5.56 Å². The van der Waals surface area contributed by atoms with Crippen LogP contribution in [0.3, 0.4) is 0 Å². The highest BCUT2D eigenvalue weighted by Crippen LogP contribution is 1.99. The van der Waals surface area contributed by atoms with Crippen LogP contribution in [0.4, 0.5) is 0 Å². The summed E-state index contributed by atoms with van der Waals surface area (Å²) in [4.78, 5) is 23.9. The molecule has 0 bridgehead atoms. The molecule has 0 aliphatic heterocycles. The van der Waals surface area contributed by atoms with Crippen molar-refractivity contribution in [1.82, 2.24) is 14.7 Å². The largest absolute Gasteiger partial charge is 0.347 e. The summed E-state index contributed by atoms with van der Waals surface area (Å²) in [7, 11) is 3.26. The van der Waals surface area contributed by atoms with Gasteiger partial charge in [-0.05, 0) is 22.0 Å². The van der Waals surface area contributed by atoms with Crippen LogP contribution in [0.2, 0.25) is 0 Å². The van der Waals surface area contributed by atoms with Crippen molar-refractivity contribution in [2.75, 3.05) is 14.1 Å². The van der Waals surface area contributed by atoms with Crippen LogP contribution in [0.5, 0.6) is 0 Å². The van der Waals surface area contributed by atoms with Gasteiger partial charge in [0, 0.05) is 20.2 Å². The second-order valence-electron chi connectivity index (χ2n) is 2.94. The maximum atomic E-state index is 11.3. The molecular weight excluding hydrogens is 250 g/mol. The quantitative estimate of drug-likeness (QED) is 0.757. The molecule has 6 heteroatoms. The molecule has 0 radical (unpaired) electrons. The molecule has 0 saturated carbocycles. The van der Waals surface area contributed by atoms with Crippen LogP contribution in [0, 0.1) is 0 Å². The molecule has 0 unspecified atom stereocenters. The zero-order valence-corrected chi connectivity index (χ0v) is 9.48. The van der Waals surface area contributed by atoms with Gasteiger partial charge in [0.25, 0.3) is 5.56 Å². The van der Waals surface area contributed by atoms with Gasteiger partial charge >= 0.3 is 0 Å². The molecule has 0 N–H and O–H groups in total. The Morgan fingerprint density at radius 2 is 2.21 bits per heavy atom. The fraction of sp³-hybridized carbons (Fsp3) is 0.375. The van der Waals surface area contributed by atoms with Crippen molar-refractivity contribution in [3.8, 4) is 0 Å². The number of carbonyl (C=O) groups is 1. The lowest BCUT2D eigenvalue weighted by Gasteiger charge is -2.10. The first-order valence-corrected chi connectivity index (χ1v) is 4.74. The molecule has 14 heavy (non-hydrogen) atoms. The number of aromatic nitrogens is 2. The Hall–Kier alpha value is -1.17. The van der Waals surface area contributed by atoms with E-state index in [9.17, 15) is 9.59 Å². The van der Waals surface area contributed by atoms with Crippen LogP contribution in [-0.4, -0.2) is 34.7 Å². The summed E-state index contributed by atoms with van der Waals surface area (Å²) in [5.41, 5.74) is -0.289. The summed E-state index contributed by atoms with van der Waals surface area (Å²) in [6.07, 6.45) is 0. The zero-order valence-electron chi connectivity index (χ0n) is 7.90. The molecule has 1 rings (SSSR count). The van der Waals surface area contributed by atoms with E-state index in [0.717, 1.165) is 4.68 Å². The van der Waals surface area contributed by atoms with Crippen molar-refractivity contribution >= 4 is 21.8 Å². The molecule has 1 heterocycles. The van der Waals surface area contributed by atoms with Crippen molar-refractivity contribution in [2.24, 2.45) is 0 Å². The number of hydrogen-bond donors (Lipinski definition) is 0. The summed E-state index contributed by atoms with van der Waals surface area (Å²) < 4.78 is 1.65.